The number of hydrogen-bond acceptors (Lipinski definition) is 1. The van der Waals surface area contributed by atoms with Crippen LogP contribution in [0.2, 0.25) is 5.02 Å². The van der Waals surface area contributed by atoms with Gasteiger partial charge in [-0.15, -0.1) is 0 Å². The monoisotopic (exact) mass is 265 g/mol. The van der Waals surface area contributed by atoms with Crippen LogP contribution < -0.4 is 11.1 Å². The van der Waals surface area contributed by atoms with Crippen LogP contribution in [-0.4, -0.2) is 12.0 Å². The molecule has 0 radical (unpaired) electrons. The first kappa shape index (κ1) is 13.2. The number of nitrogens with zero attached hydrogens (tertiary/aromatic N) is 1. The van der Waals surface area contributed by atoms with E-state index in [4.69, 9.17) is 17.3 Å². The van der Waals surface area contributed by atoms with Gasteiger partial charge in [0, 0.05) is 11.1 Å². The topological polar surface area (TPSA) is 50.4 Å². The van der Waals surface area contributed by atoms with E-state index in [9.17, 15) is 0 Å². The van der Waals surface area contributed by atoms with Crippen molar-refractivity contribution in [1.82, 2.24) is 5.32 Å². The number of hydrogen-bond donors (Lipinski definition) is 2. The third kappa shape index (κ3) is 3.91. The van der Waals surface area contributed by atoms with Crippen LogP contribution in [0.15, 0.2) is 29.3 Å². The van der Waals surface area contributed by atoms with Gasteiger partial charge in [0.1, 0.15) is 0 Å². The van der Waals surface area contributed by atoms with Gasteiger partial charge in [-0.2, -0.15) is 0 Å². The molecule has 0 aliphatic heterocycles. The van der Waals surface area contributed by atoms with Crippen molar-refractivity contribution < 1.29 is 0 Å². The largest absolute Gasteiger partial charge is 0.370 e. The molecule has 1 fully saturated rings. The summed E-state index contributed by atoms with van der Waals surface area (Å²) in [7, 11) is 0. The number of aliphatic imine (C=N–C) groups is 1. The maximum Gasteiger partial charge on any atom is 0.189 e. The van der Waals surface area contributed by atoms with Gasteiger partial charge >= 0.3 is 0 Å². The number of rotatable bonds is 3. The van der Waals surface area contributed by atoms with Gasteiger partial charge in [0.25, 0.3) is 0 Å². The lowest BCUT2D eigenvalue weighted by Crippen LogP contribution is -2.41. The van der Waals surface area contributed by atoms with Crippen molar-refractivity contribution >= 4 is 17.6 Å². The fourth-order valence-corrected chi connectivity index (χ4v) is 2.49. The van der Waals surface area contributed by atoms with Crippen LogP contribution in [0.3, 0.4) is 0 Å². The first-order valence-electron chi connectivity index (χ1n) is 6.55. The molecule has 1 aliphatic rings. The highest BCUT2D eigenvalue weighted by Crippen LogP contribution is 2.17. The Hall–Kier alpha value is -1.22. The number of benzene rings is 1. The summed E-state index contributed by atoms with van der Waals surface area (Å²) in [5, 5.41) is 4.04. The Bertz CT molecular complexity index is 411. The first-order valence-corrected chi connectivity index (χ1v) is 6.93. The molecule has 0 spiro atoms. The summed E-state index contributed by atoms with van der Waals surface area (Å²) in [6, 6.07) is 8.21. The Morgan fingerprint density at radius 3 is 2.72 bits per heavy atom. The summed E-state index contributed by atoms with van der Waals surface area (Å²) >= 11 is 6.07. The van der Waals surface area contributed by atoms with Crippen molar-refractivity contribution in [3.05, 3.63) is 34.9 Å². The van der Waals surface area contributed by atoms with Crippen LogP contribution in [0.25, 0.3) is 0 Å². The van der Waals surface area contributed by atoms with Crippen LogP contribution in [0, 0.1) is 0 Å². The summed E-state index contributed by atoms with van der Waals surface area (Å²) < 4.78 is 0. The Morgan fingerprint density at radius 2 is 2.00 bits per heavy atom. The summed E-state index contributed by atoms with van der Waals surface area (Å²) in [6.07, 6.45) is 6.31. The van der Waals surface area contributed by atoms with E-state index in [-0.39, 0.29) is 0 Å². The standard InChI is InChI=1S/C14H20ClN3/c15-13-9-5-4-6-11(13)10-17-14(16)18-12-7-2-1-3-8-12/h4-6,9,12H,1-3,7-8,10H2,(H3,16,17,18). The van der Waals surface area contributed by atoms with Gasteiger partial charge in [0.15, 0.2) is 5.96 Å². The average molecular weight is 266 g/mol. The smallest absolute Gasteiger partial charge is 0.189 e. The molecule has 0 saturated heterocycles. The highest BCUT2D eigenvalue weighted by molar-refractivity contribution is 6.31. The fourth-order valence-electron chi connectivity index (χ4n) is 2.30. The molecule has 0 aromatic heterocycles. The third-order valence-corrected chi connectivity index (χ3v) is 3.70. The van der Waals surface area contributed by atoms with Crippen LogP contribution in [0.1, 0.15) is 37.7 Å². The second-order valence-corrected chi connectivity index (χ2v) is 5.18. The predicted molar refractivity (Wildman–Crippen MR) is 76.8 cm³/mol. The second-order valence-electron chi connectivity index (χ2n) is 4.77. The van der Waals surface area contributed by atoms with Crippen molar-refractivity contribution in [3.63, 3.8) is 0 Å². The van der Waals surface area contributed by atoms with Gasteiger partial charge in [0.05, 0.1) is 6.54 Å². The lowest BCUT2D eigenvalue weighted by molar-refractivity contribution is 0.412. The third-order valence-electron chi connectivity index (χ3n) is 3.33. The molecule has 2 rings (SSSR count). The maximum atomic E-state index is 6.07. The van der Waals surface area contributed by atoms with Gasteiger partial charge in [0.2, 0.25) is 0 Å². The molecule has 1 saturated carbocycles. The summed E-state index contributed by atoms with van der Waals surface area (Å²) in [4.78, 5) is 4.35. The van der Waals surface area contributed by atoms with Gasteiger partial charge in [-0.1, -0.05) is 49.1 Å². The molecule has 0 atom stereocenters. The molecule has 1 aliphatic carbocycles. The molecule has 0 unspecified atom stereocenters. The molecule has 0 amide bonds. The minimum absolute atomic E-state index is 0.494. The molecular formula is C14H20ClN3. The van der Waals surface area contributed by atoms with E-state index < -0.39 is 0 Å². The van der Waals surface area contributed by atoms with Crippen LogP contribution in [0.5, 0.6) is 0 Å². The first-order chi connectivity index (χ1) is 8.75. The lowest BCUT2D eigenvalue weighted by Gasteiger charge is -2.23. The summed E-state index contributed by atoms with van der Waals surface area (Å²) in [5.41, 5.74) is 6.91. The second kappa shape index (κ2) is 6.64. The van der Waals surface area contributed by atoms with Gasteiger partial charge in [-0.05, 0) is 24.5 Å². The molecule has 3 N–H and O–H groups in total. The van der Waals surface area contributed by atoms with Crippen LogP contribution in [0.4, 0.5) is 0 Å². The minimum atomic E-state index is 0.494. The summed E-state index contributed by atoms with van der Waals surface area (Å²) in [6.45, 7) is 0.533. The Balaban J connectivity index is 1.86. The molecule has 1 aromatic carbocycles. The van der Waals surface area contributed by atoms with Crippen LogP contribution >= 0.6 is 11.6 Å². The number of halogens is 1. The Kier molecular flexibility index (Phi) is 4.88. The van der Waals surface area contributed by atoms with E-state index in [2.05, 4.69) is 10.3 Å². The predicted octanol–water partition coefficient (Wildman–Crippen LogP) is 3.08. The van der Waals surface area contributed by atoms with Gasteiger partial charge in [-0.3, -0.25) is 0 Å². The van der Waals surface area contributed by atoms with Crippen molar-refractivity contribution in [2.75, 3.05) is 0 Å². The van der Waals surface area contributed by atoms with E-state index >= 15 is 0 Å². The Morgan fingerprint density at radius 1 is 1.28 bits per heavy atom. The number of nitrogens with one attached hydrogen (secondary N) is 1. The van der Waals surface area contributed by atoms with E-state index in [0.29, 0.717) is 18.5 Å². The molecule has 3 nitrogen and oxygen atoms in total. The highest BCUT2D eigenvalue weighted by Gasteiger charge is 2.13. The number of guanidine groups is 1. The van der Waals surface area contributed by atoms with E-state index in [1.54, 1.807) is 0 Å². The zero-order valence-electron chi connectivity index (χ0n) is 10.5. The fraction of sp³-hybridized carbons (Fsp3) is 0.500. The highest BCUT2D eigenvalue weighted by atomic mass is 35.5. The molecule has 98 valence electrons. The molecule has 0 heterocycles. The van der Waals surface area contributed by atoms with Crippen molar-refractivity contribution in [1.29, 1.82) is 0 Å². The molecular weight excluding hydrogens is 246 g/mol. The lowest BCUT2D eigenvalue weighted by atomic mass is 9.96. The van der Waals surface area contributed by atoms with Crippen molar-refractivity contribution in [2.45, 2.75) is 44.7 Å². The van der Waals surface area contributed by atoms with E-state index in [1.165, 1.54) is 32.1 Å². The van der Waals surface area contributed by atoms with Gasteiger partial charge < -0.3 is 11.1 Å². The SMILES string of the molecule is NC(=NCc1ccccc1Cl)NC1CCCCC1. The normalized spacial score (nSPS) is 17.7. The summed E-state index contributed by atoms with van der Waals surface area (Å²) in [5.74, 6) is 0.529. The molecule has 18 heavy (non-hydrogen) atoms. The quantitative estimate of drug-likeness (QED) is 0.652. The zero-order chi connectivity index (χ0) is 12.8. The van der Waals surface area contributed by atoms with Crippen molar-refractivity contribution in [3.8, 4) is 0 Å². The molecule has 1 aromatic rings. The zero-order valence-corrected chi connectivity index (χ0v) is 11.3. The number of nitrogens with two attached hydrogens (primary N) is 1. The van der Waals surface area contributed by atoms with E-state index in [0.717, 1.165) is 10.6 Å². The van der Waals surface area contributed by atoms with E-state index in [1.807, 2.05) is 24.3 Å². The van der Waals surface area contributed by atoms with Gasteiger partial charge in [-0.25, -0.2) is 4.99 Å². The molecule has 4 heteroatoms. The maximum absolute atomic E-state index is 6.07. The molecule has 0 bridgehead atoms. The van der Waals surface area contributed by atoms with Crippen LogP contribution in [-0.2, 0) is 6.54 Å². The Labute approximate surface area is 113 Å². The minimum Gasteiger partial charge on any atom is -0.370 e. The average Bonchev–Trinajstić information content (AvgIpc) is 2.39. The van der Waals surface area contributed by atoms with Crippen molar-refractivity contribution in [2.24, 2.45) is 10.7 Å².